The van der Waals surface area contributed by atoms with Gasteiger partial charge in [0.05, 0.1) is 17.5 Å². The second-order valence-electron chi connectivity index (χ2n) is 9.44. The molecule has 4 rings (SSSR count). The smallest absolute Gasteiger partial charge is 0.416 e. The third kappa shape index (κ3) is 6.01. The second kappa shape index (κ2) is 11.3. The first kappa shape index (κ1) is 27.5. The van der Waals surface area contributed by atoms with Gasteiger partial charge in [-0.2, -0.15) is 13.2 Å². The Morgan fingerprint density at radius 3 is 2.69 bits per heavy atom. The van der Waals surface area contributed by atoms with Crippen LogP contribution in [0.2, 0.25) is 0 Å². The molecule has 0 saturated carbocycles. The van der Waals surface area contributed by atoms with Crippen LogP contribution in [0, 0.1) is 0 Å². The average Bonchev–Trinajstić information content (AvgIpc) is 3.25. The summed E-state index contributed by atoms with van der Waals surface area (Å²) in [5, 5.41) is 3.25. The molecule has 0 radical (unpaired) electrons. The molecule has 0 spiro atoms. The van der Waals surface area contributed by atoms with Gasteiger partial charge in [0.1, 0.15) is 0 Å². The van der Waals surface area contributed by atoms with E-state index in [0.717, 1.165) is 30.9 Å². The molecule has 2 aliphatic rings. The minimum absolute atomic E-state index is 0. The number of hydrogen-bond donors (Lipinski definition) is 1. The number of piperazine rings is 1. The fourth-order valence-electron chi connectivity index (χ4n) is 5.28. The van der Waals surface area contributed by atoms with Crippen LogP contribution < -0.4 is 5.32 Å². The van der Waals surface area contributed by atoms with Gasteiger partial charge in [0.15, 0.2) is 6.23 Å². The Kier molecular flexibility index (Phi) is 8.89. The van der Waals surface area contributed by atoms with Crippen molar-refractivity contribution in [2.75, 3.05) is 19.6 Å². The number of ether oxygens (including phenoxy) is 1. The van der Waals surface area contributed by atoms with E-state index in [4.69, 9.17) is 4.74 Å². The molecule has 1 heterocycles. The van der Waals surface area contributed by atoms with Gasteiger partial charge in [-0.1, -0.05) is 37.3 Å². The number of halogens is 4. The normalized spacial score (nSPS) is 22.1. The molecule has 1 fully saturated rings. The number of rotatable bonds is 6. The maximum absolute atomic E-state index is 13.2. The molecule has 8 heteroatoms. The lowest BCUT2D eigenvalue weighted by atomic mass is 9.94. The Morgan fingerprint density at radius 1 is 1.20 bits per heavy atom. The van der Waals surface area contributed by atoms with E-state index in [-0.39, 0.29) is 24.4 Å². The Morgan fingerprint density at radius 2 is 1.97 bits per heavy atom. The van der Waals surface area contributed by atoms with E-state index in [0.29, 0.717) is 31.1 Å². The molecule has 0 aromatic heterocycles. The fourth-order valence-corrected chi connectivity index (χ4v) is 5.28. The van der Waals surface area contributed by atoms with E-state index in [9.17, 15) is 18.0 Å². The summed E-state index contributed by atoms with van der Waals surface area (Å²) in [6.45, 7) is 7.59. The summed E-state index contributed by atoms with van der Waals surface area (Å²) >= 11 is 0. The van der Waals surface area contributed by atoms with Crippen molar-refractivity contribution >= 4 is 18.4 Å². The molecule has 192 valence electrons. The highest BCUT2D eigenvalue weighted by atomic mass is 35.5. The maximum Gasteiger partial charge on any atom is 0.416 e. The van der Waals surface area contributed by atoms with Crippen LogP contribution >= 0.6 is 12.4 Å². The van der Waals surface area contributed by atoms with Gasteiger partial charge in [0.2, 0.25) is 0 Å². The summed E-state index contributed by atoms with van der Waals surface area (Å²) in [6.07, 6.45) is -1.64. The Balaban J connectivity index is 0.00000342. The largest absolute Gasteiger partial charge is 0.446 e. The molecule has 1 N–H and O–H groups in total. The molecule has 1 aliphatic carbocycles. The van der Waals surface area contributed by atoms with Crippen LogP contribution in [0.25, 0.3) is 0 Å². The van der Waals surface area contributed by atoms with E-state index in [2.05, 4.69) is 24.4 Å². The van der Waals surface area contributed by atoms with Gasteiger partial charge < -0.3 is 10.1 Å². The van der Waals surface area contributed by atoms with Gasteiger partial charge in [0.25, 0.3) is 0 Å². The van der Waals surface area contributed by atoms with Crippen molar-refractivity contribution in [1.82, 2.24) is 10.2 Å². The summed E-state index contributed by atoms with van der Waals surface area (Å²) in [6, 6.07) is 11.4. The van der Waals surface area contributed by atoms with Crippen LogP contribution in [0.1, 0.15) is 79.3 Å². The van der Waals surface area contributed by atoms with Crippen molar-refractivity contribution < 1.29 is 22.7 Å². The molecule has 2 aromatic carbocycles. The summed E-state index contributed by atoms with van der Waals surface area (Å²) in [5.41, 5.74) is 3.55. The van der Waals surface area contributed by atoms with E-state index in [1.54, 1.807) is 13.0 Å². The number of benzene rings is 2. The lowest BCUT2D eigenvalue weighted by Gasteiger charge is -2.40. The molecule has 2 aromatic rings. The number of nitrogens with one attached hydrogen (secondary N) is 1. The molecular formula is C27H34ClF3N2O2. The molecular weight excluding hydrogens is 477 g/mol. The fraction of sp³-hybridized carbons (Fsp3) is 0.519. The van der Waals surface area contributed by atoms with Gasteiger partial charge in [0, 0.05) is 19.6 Å². The SMILES string of the molecule is CCC1CCc2cc(C(C)C(=O)OC(C)N3CCNCC3c3cccc(C(F)(F)F)c3)ccc21.Cl. The maximum atomic E-state index is 13.2. The average molecular weight is 511 g/mol. The van der Waals surface area contributed by atoms with Gasteiger partial charge >= 0.3 is 12.1 Å². The first-order chi connectivity index (χ1) is 16.2. The molecule has 1 saturated heterocycles. The van der Waals surface area contributed by atoms with Crippen LogP contribution in [-0.2, 0) is 22.1 Å². The van der Waals surface area contributed by atoms with Crippen LogP contribution in [0.4, 0.5) is 13.2 Å². The van der Waals surface area contributed by atoms with Crippen molar-refractivity contribution in [3.63, 3.8) is 0 Å². The number of carbonyl (C=O) groups is 1. The van der Waals surface area contributed by atoms with Gasteiger partial charge in [-0.05, 0) is 73.4 Å². The number of fused-ring (bicyclic) bond motifs is 1. The molecule has 0 bridgehead atoms. The standard InChI is InChI=1S/C27H33F3N2O2.ClH/c1-4-19-8-9-21-14-20(10-11-24(19)21)17(2)26(33)34-18(3)32-13-12-31-16-25(32)22-6-5-7-23(15-22)27(28,29)30;/h5-7,10-11,14-15,17-19,25,31H,4,8-9,12-13,16H2,1-3H3;1H. The number of carbonyl (C=O) groups excluding carboxylic acids is 1. The topological polar surface area (TPSA) is 41.6 Å². The van der Waals surface area contributed by atoms with E-state index in [1.165, 1.54) is 23.3 Å². The van der Waals surface area contributed by atoms with Crippen molar-refractivity contribution in [2.45, 2.75) is 70.3 Å². The predicted molar refractivity (Wildman–Crippen MR) is 133 cm³/mol. The lowest BCUT2D eigenvalue weighted by molar-refractivity contribution is -0.162. The molecule has 0 amide bonds. The minimum atomic E-state index is -4.40. The Bertz CT molecular complexity index is 1030. The van der Waals surface area contributed by atoms with Crippen molar-refractivity contribution in [3.8, 4) is 0 Å². The lowest BCUT2D eigenvalue weighted by Crippen LogP contribution is -2.51. The predicted octanol–water partition coefficient (Wildman–Crippen LogP) is 6.21. The van der Waals surface area contributed by atoms with Crippen molar-refractivity contribution in [1.29, 1.82) is 0 Å². The molecule has 35 heavy (non-hydrogen) atoms. The highest BCUT2D eigenvalue weighted by Gasteiger charge is 2.34. The van der Waals surface area contributed by atoms with Crippen LogP contribution in [0.15, 0.2) is 42.5 Å². The zero-order valence-electron chi connectivity index (χ0n) is 20.4. The highest BCUT2D eigenvalue weighted by Crippen LogP contribution is 2.37. The van der Waals surface area contributed by atoms with Crippen LogP contribution in [0.3, 0.4) is 0 Å². The molecule has 1 aliphatic heterocycles. The zero-order valence-corrected chi connectivity index (χ0v) is 21.2. The molecule has 4 unspecified atom stereocenters. The Hall–Kier alpha value is -2.09. The van der Waals surface area contributed by atoms with Crippen molar-refractivity contribution in [2.24, 2.45) is 0 Å². The third-order valence-electron chi connectivity index (χ3n) is 7.35. The number of nitrogens with zero attached hydrogens (tertiary/aromatic N) is 1. The van der Waals surface area contributed by atoms with Gasteiger partial charge in [-0.3, -0.25) is 9.69 Å². The van der Waals surface area contributed by atoms with Gasteiger partial charge in [-0.15, -0.1) is 12.4 Å². The zero-order chi connectivity index (χ0) is 24.5. The number of esters is 1. The van der Waals surface area contributed by atoms with E-state index < -0.39 is 23.9 Å². The summed E-state index contributed by atoms with van der Waals surface area (Å²) in [7, 11) is 0. The highest BCUT2D eigenvalue weighted by molar-refractivity contribution is 5.85. The van der Waals surface area contributed by atoms with Crippen molar-refractivity contribution in [3.05, 3.63) is 70.3 Å². The minimum Gasteiger partial charge on any atom is -0.446 e. The van der Waals surface area contributed by atoms with Gasteiger partial charge in [-0.25, -0.2) is 0 Å². The third-order valence-corrected chi connectivity index (χ3v) is 7.35. The summed E-state index contributed by atoms with van der Waals surface area (Å²) in [5.74, 6) is -0.131. The van der Waals surface area contributed by atoms with Crippen LogP contribution in [0.5, 0.6) is 0 Å². The quantitative estimate of drug-likeness (QED) is 0.469. The number of alkyl halides is 3. The number of aryl methyl sites for hydroxylation is 1. The first-order valence-electron chi connectivity index (χ1n) is 12.2. The van der Waals surface area contributed by atoms with Crippen LogP contribution in [-0.4, -0.2) is 36.7 Å². The Labute approximate surface area is 211 Å². The van der Waals surface area contributed by atoms with E-state index >= 15 is 0 Å². The summed E-state index contributed by atoms with van der Waals surface area (Å²) in [4.78, 5) is 15.0. The summed E-state index contributed by atoms with van der Waals surface area (Å²) < 4.78 is 45.6. The number of hydrogen-bond acceptors (Lipinski definition) is 4. The monoisotopic (exact) mass is 510 g/mol. The molecule has 4 atom stereocenters. The van der Waals surface area contributed by atoms with E-state index in [1.807, 2.05) is 17.9 Å². The molecule has 4 nitrogen and oxygen atoms in total. The second-order valence-corrected chi connectivity index (χ2v) is 9.44. The first-order valence-corrected chi connectivity index (χ1v) is 12.2.